The zero-order chi connectivity index (χ0) is 22.5. The molecule has 164 valence electrons. The van der Waals surface area contributed by atoms with E-state index in [9.17, 15) is 14.4 Å². The van der Waals surface area contributed by atoms with E-state index in [0.717, 1.165) is 28.9 Å². The zero-order valence-electron chi connectivity index (χ0n) is 18.3. The van der Waals surface area contributed by atoms with Gasteiger partial charge in [-0.05, 0) is 38.3 Å². The number of hydrogen-bond acceptors (Lipinski definition) is 6. The third-order valence-corrected chi connectivity index (χ3v) is 6.20. The molecule has 0 spiro atoms. The zero-order valence-corrected chi connectivity index (χ0v) is 19.1. The lowest BCUT2D eigenvalue weighted by molar-refractivity contribution is -0.132. The molecule has 2 heterocycles. The number of carbonyl (C=O) groups is 2. The van der Waals surface area contributed by atoms with Gasteiger partial charge in [-0.15, -0.1) is 11.3 Å². The maximum Gasteiger partial charge on any atom is 0.348 e. The van der Waals surface area contributed by atoms with E-state index >= 15 is 0 Å². The Labute approximate surface area is 185 Å². The van der Waals surface area contributed by atoms with Gasteiger partial charge in [0.05, 0.1) is 18.3 Å². The van der Waals surface area contributed by atoms with Crippen molar-refractivity contribution < 1.29 is 14.3 Å². The van der Waals surface area contributed by atoms with Gasteiger partial charge in [0.15, 0.2) is 0 Å². The summed E-state index contributed by atoms with van der Waals surface area (Å²) in [7, 11) is 0. The number of benzene rings is 1. The third-order valence-electron chi connectivity index (χ3n) is 5.02. The summed E-state index contributed by atoms with van der Waals surface area (Å²) in [6.45, 7) is 8.72. The molecule has 0 saturated heterocycles. The summed E-state index contributed by atoms with van der Waals surface area (Å²) >= 11 is 1.14. The van der Waals surface area contributed by atoms with Gasteiger partial charge in [-0.1, -0.05) is 36.8 Å². The molecule has 2 aromatic heterocycles. The van der Waals surface area contributed by atoms with Gasteiger partial charge in [-0.25, -0.2) is 9.78 Å². The quantitative estimate of drug-likeness (QED) is 0.498. The van der Waals surface area contributed by atoms with Crippen molar-refractivity contribution in [3.8, 4) is 0 Å². The van der Waals surface area contributed by atoms with Crippen molar-refractivity contribution in [1.29, 1.82) is 0 Å². The average Bonchev–Trinajstić information content (AvgIpc) is 3.08. The number of rotatable bonds is 8. The van der Waals surface area contributed by atoms with Crippen LogP contribution in [0, 0.1) is 13.8 Å². The molecule has 0 fully saturated rings. The number of fused-ring (bicyclic) bond motifs is 1. The highest BCUT2D eigenvalue weighted by Crippen LogP contribution is 2.27. The first-order chi connectivity index (χ1) is 14.8. The second kappa shape index (κ2) is 9.87. The number of thiophene rings is 1. The lowest BCUT2D eigenvalue weighted by Crippen LogP contribution is -2.36. The van der Waals surface area contributed by atoms with Crippen LogP contribution >= 0.6 is 11.3 Å². The maximum absolute atomic E-state index is 13.1. The molecule has 31 heavy (non-hydrogen) atoms. The van der Waals surface area contributed by atoms with Gasteiger partial charge in [0.25, 0.3) is 5.56 Å². The molecule has 8 heteroatoms. The Bertz CT molecular complexity index is 1150. The molecule has 0 unspecified atom stereocenters. The molecular weight excluding hydrogens is 414 g/mol. The van der Waals surface area contributed by atoms with Gasteiger partial charge in [0.1, 0.15) is 16.3 Å². The summed E-state index contributed by atoms with van der Waals surface area (Å²) in [6.07, 6.45) is 2.19. The molecule has 0 aliphatic rings. The Hall–Kier alpha value is -3.00. The molecule has 1 aromatic carbocycles. The minimum atomic E-state index is -0.461. The van der Waals surface area contributed by atoms with Crippen LogP contribution in [0.5, 0.6) is 0 Å². The fourth-order valence-electron chi connectivity index (χ4n) is 3.38. The highest BCUT2D eigenvalue weighted by molar-refractivity contribution is 7.20. The van der Waals surface area contributed by atoms with Crippen molar-refractivity contribution in [2.24, 2.45) is 0 Å². The highest BCUT2D eigenvalue weighted by atomic mass is 32.1. The summed E-state index contributed by atoms with van der Waals surface area (Å²) in [5.41, 5.74) is 2.43. The standard InChI is InChI=1S/C23H27N3O4S/c1-5-11-25(12-17-9-7-15(3)8-10-17)18(27)13-26-14-24-21-19(22(26)28)16(4)20(31-21)23(29)30-6-2/h7-10,14H,5-6,11-13H2,1-4H3. The van der Waals surface area contributed by atoms with Gasteiger partial charge in [0.2, 0.25) is 5.91 Å². The smallest absolute Gasteiger partial charge is 0.348 e. The third kappa shape index (κ3) is 5.02. The SMILES string of the molecule is CCCN(Cc1ccc(C)cc1)C(=O)Cn1cnc2sc(C(=O)OCC)c(C)c2c1=O. The van der Waals surface area contributed by atoms with E-state index in [1.54, 1.807) is 18.7 Å². The monoisotopic (exact) mass is 441 g/mol. The minimum absolute atomic E-state index is 0.0995. The Morgan fingerprint density at radius 1 is 1.16 bits per heavy atom. The van der Waals surface area contributed by atoms with Gasteiger partial charge >= 0.3 is 5.97 Å². The first-order valence-corrected chi connectivity index (χ1v) is 11.2. The Kier molecular flexibility index (Phi) is 7.22. The molecule has 3 rings (SSSR count). The molecule has 1 amide bonds. The molecule has 0 saturated carbocycles. The Balaban J connectivity index is 1.86. The van der Waals surface area contributed by atoms with E-state index in [0.29, 0.717) is 33.7 Å². The number of aromatic nitrogens is 2. The summed E-state index contributed by atoms with van der Waals surface area (Å²) in [5.74, 6) is -0.610. The molecular formula is C23H27N3O4S. The van der Waals surface area contributed by atoms with Crippen LogP contribution in [0.25, 0.3) is 10.2 Å². The van der Waals surface area contributed by atoms with E-state index in [4.69, 9.17) is 4.74 Å². The highest BCUT2D eigenvalue weighted by Gasteiger charge is 2.21. The van der Waals surface area contributed by atoms with Crippen LogP contribution in [0.4, 0.5) is 0 Å². The van der Waals surface area contributed by atoms with E-state index in [1.165, 1.54) is 10.9 Å². The fourth-order valence-corrected chi connectivity index (χ4v) is 4.42. The molecule has 0 atom stereocenters. The van der Waals surface area contributed by atoms with Crippen LogP contribution in [0.1, 0.15) is 46.6 Å². The number of carbonyl (C=O) groups excluding carboxylic acids is 2. The Morgan fingerprint density at radius 2 is 1.87 bits per heavy atom. The number of nitrogens with zero attached hydrogens (tertiary/aromatic N) is 3. The van der Waals surface area contributed by atoms with Crippen LogP contribution in [-0.2, 0) is 22.6 Å². The van der Waals surface area contributed by atoms with Crippen molar-refractivity contribution in [2.75, 3.05) is 13.2 Å². The van der Waals surface area contributed by atoms with E-state index in [-0.39, 0.29) is 24.6 Å². The predicted octanol–water partition coefficient (Wildman–Crippen LogP) is 3.69. The van der Waals surface area contributed by atoms with Crippen LogP contribution < -0.4 is 5.56 Å². The lowest BCUT2D eigenvalue weighted by atomic mass is 10.1. The number of aryl methyl sites for hydroxylation is 2. The molecule has 0 N–H and O–H groups in total. The van der Waals surface area contributed by atoms with Gasteiger partial charge in [-0.2, -0.15) is 0 Å². The minimum Gasteiger partial charge on any atom is -0.462 e. The summed E-state index contributed by atoms with van der Waals surface area (Å²) in [4.78, 5) is 45.2. The van der Waals surface area contributed by atoms with Crippen LogP contribution in [0.3, 0.4) is 0 Å². The summed E-state index contributed by atoms with van der Waals surface area (Å²) < 4.78 is 6.39. The van der Waals surface area contributed by atoms with Crippen LogP contribution in [0.15, 0.2) is 35.4 Å². The largest absolute Gasteiger partial charge is 0.462 e. The number of esters is 1. The van der Waals surface area contributed by atoms with Gasteiger partial charge < -0.3 is 9.64 Å². The molecule has 0 bridgehead atoms. The topological polar surface area (TPSA) is 81.5 Å². The summed E-state index contributed by atoms with van der Waals surface area (Å²) in [6, 6.07) is 8.06. The molecule has 0 aliphatic carbocycles. The van der Waals surface area contributed by atoms with E-state index in [1.807, 2.05) is 38.1 Å². The molecule has 0 aliphatic heterocycles. The van der Waals surface area contributed by atoms with Crippen molar-refractivity contribution in [3.63, 3.8) is 0 Å². The second-order valence-electron chi connectivity index (χ2n) is 7.44. The lowest BCUT2D eigenvalue weighted by Gasteiger charge is -2.22. The second-order valence-corrected chi connectivity index (χ2v) is 8.43. The number of ether oxygens (including phenoxy) is 1. The first kappa shape index (κ1) is 22.7. The van der Waals surface area contributed by atoms with Crippen molar-refractivity contribution in [1.82, 2.24) is 14.5 Å². The molecule has 7 nitrogen and oxygen atoms in total. The predicted molar refractivity (Wildman–Crippen MR) is 121 cm³/mol. The summed E-state index contributed by atoms with van der Waals surface area (Å²) in [5, 5.41) is 0.365. The van der Waals surface area contributed by atoms with E-state index < -0.39 is 5.97 Å². The van der Waals surface area contributed by atoms with Gasteiger partial charge in [0, 0.05) is 13.1 Å². The van der Waals surface area contributed by atoms with Crippen molar-refractivity contribution in [3.05, 3.63) is 62.5 Å². The number of amides is 1. The van der Waals surface area contributed by atoms with E-state index in [2.05, 4.69) is 4.98 Å². The Morgan fingerprint density at radius 3 is 2.52 bits per heavy atom. The van der Waals surface area contributed by atoms with Gasteiger partial charge in [-0.3, -0.25) is 14.2 Å². The normalized spacial score (nSPS) is 11.0. The number of hydrogen-bond donors (Lipinski definition) is 0. The average molecular weight is 442 g/mol. The van der Waals surface area contributed by atoms with Crippen molar-refractivity contribution in [2.45, 2.75) is 47.2 Å². The van der Waals surface area contributed by atoms with Crippen LogP contribution in [0.2, 0.25) is 0 Å². The first-order valence-electron chi connectivity index (χ1n) is 10.3. The molecule has 3 aromatic rings. The molecule has 0 radical (unpaired) electrons. The fraction of sp³-hybridized carbons (Fsp3) is 0.391. The maximum atomic E-state index is 13.1. The van der Waals surface area contributed by atoms with Crippen LogP contribution in [-0.4, -0.2) is 39.5 Å². The van der Waals surface area contributed by atoms with Crippen molar-refractivity contribution >= 4 is 33.4 Å².